The van der Waals surface area contributed by atoms with Crippen molar-refractivity contribution >= 4 is 17.0 Å². The van der Waals surface area contributed by atoms with Crippen LogP contribution < -0.4 is 4.74 Å². The van der Waals surface area contributed by atoms with Gasteiger partial charge in [0.25, 0.3) is 0 Å². The van der Waals surface area contributed by atoms with Gasteiger partial charge in [-0.1, -0.05) is 24.3 Å². The molecular weight excluding hydrogens is 523 g/mol. The molecule has 0 spiro atoms. The van der Waals surface area contributed by atoms with Gasteiger partial charge in [-0.15, -0.1) is 0 Å². The van der Waals surface area contributed by atoms with Crippen molar-refractivity contribution < 1.29 is 23.8 Å². The van der Waals surface area contributed by atoms with Gasteiger partial charge in [-0.05, 0) is 80.2 Å². The third-order valence-corrected chi connectivity index (χ3v) is 8.13. The number of aromatic nitrogens is 2. The lowest BCUT2D eigenvalue weighted by Crippen LogP contribution is -2.35. The van der Waals surface area contributed by atoms with Gasteiger partial charge in [0, 0.05) is 12.2 Å². The molecule has 0 aliphatic carbocycles. The Morgan fingerprint density at radius 1 is 1.12 bits per heavy atom. The minimum absolute atomic E-state index is 0.0952. The highest BCUT2D eigenvalue weighted by atomic mass is 19.1. The van der Waals surface area contributed by atoms with Crippen molar-refractivity contribution in [3.05, 3.63) is 94.6 Å². The molecule has 8 nitrogen and oxygen atoms in total. The van der Waals surface area contributed by atoms with E-state index in [2.05, 4.69) is 15.5 Å². The molecule has 0 saturated carbocycles. The van der Waals surface area contributed by atoms with Crippen molar-refractivity contribution in [2.75, 3.05) is 19.7 Å². The molecule has 1 atom stereocenters. The molecule has 3 heterocycles. The summed E-state index contributed by atoms with van der Waals surface area (Å²) in [4.78, 5) is 18.9. The van der Waals surface area contributed by atoms with Gasteiger partial charge in [0.2, 0.25) is 0 Å². The van der Waals surface area contributed by atoms with E-state index in [1.165, 1.54) is 6.07 Å². The Morgan fingerprint density at radius 3 is 2.63 bits per heavy atom. The molecule has 1 N–H and O–H groups in total. The first kappa shape index (κ1) is 26.9. The molecule has 210 valence electrons. The molecule has 0 bridgehead atoms. The number of piperidine rings is 1. The van der Waals surface area contributed by atoms with Gasteiger partial charge in [0.1, 0.15) is 24.0 Å². The maximum atomic E-state index is 14.4. The summed E-state index contributed by atoms with van der Waals surface area (Å²) in [6.07, 6.45) is 3.00. The molecule has 4 aromatic rings. The number of fused-ring (bicyclic) bond motifs is 1. The maximum Gasteiger partial charge on any atom is 0.335 e. The largest absolute Gasteiger partial charge is 0.489 e. The Morgan fingerprint density at radius 2 is 1.93 bits per heavy atom. The van der Waals surface area contributed by atoms with Crippen molar-refractivity contribution in [3.8, 4) is 11.8 Å². The monoisotopic (exact) mass is 554 g/mol. The first-order valence-electron chi connectivity index (χ1n) is 13.9. The van der Waals surface area contributed by atoms with Crippen molar-refractivity contribution in [1.29, 1.82) is 5.26 Å². The molecule has 2 aliphatic heterocycles. The molecule has 2 aliphatic rings. The number of hydrogen-bond donors (Lipinski definition) is 1. The van der Waals surface area contributed by atoms with Crippen LogP contribution in [0, 0.1) is 17.1 Å². The summed E-state index contributed by atoms with van der Waals surface area (Å²) < 4.78 is 28.3. The van der Waals surface area contributed by atoms with Crippen LogP contribution in [0.1, 0.15) is 58.1 Å². The molecule has 3 aromatic carbocycles. The first-order chi connectivity index (χ1) is 20.0. The summed E-state index contributed by atoms with van der Waals surface area (Å²) in [5.74, 6) is 0.600. The van der Waals surface area contributed by atoms with E-state index in [4.69, 9.17) is 19.7 Å². The van der Waals surface area contributed by atoms with Gasteiger partial charge in [-0.2, -0.15) is 5.26 Å². The Bertz CT molecular complexity index is 1620. The van der Waals surface area contributed by atoms with E-state index in [1.54, 1.807) is 30.3 Å². The highest BCUT2D eigenvalue weighted by Gasteiger charge is 2.26. The summed E-state index contributed by atoms with van der Waals surface area (Å²) in [5.41, 5.74) is 3.70. The minimum Gasteiger partial charge on any atom is -0.489 e. The number of likely N-dealkylation sites (tertiary alicyclic amines) is 1. The maximum absolute atomic E-state index is 14.4. The zero-order valence-corrected chi connectivity index (χ0v) is 22.6. The van der Waals surface area contributed by atoms with Crippen molar-refractivity contribution in [1.82, 2.24) is 14.5 Å². The number of rotatable bonds is 9. The van der Waals surface area contributed by atoms with E-state index < -0.39 is 11.8 Å². The Labute approximate surface area is 237 Å². The van der Waals surface area contributed by atoms with E-state index in [0.29, 0.717) is 24.6 Å². The standard InChI is InChI=1S/C32H31FN4O4/c33-27-15-21(17-34)5-6-24(27)20-41-30-4-2-1-3-26(30)22-9-12-36(13-10-22)19-31-35-28-8-7-23(32(38)39)16-29(28)37(31)18-25-11-14-40-25/h1-8,15-16,22,25H,9-14,18-20H2,(H,38,39)/t25-/m0/s1. The number of carboxylic acid groups (broad SMARTS) is 1. The average Bonchev–Trinajstić information content (AvgIpc) is 3.30. The number of halogens is 1. The van der Waals surface area contributed by atoms with Crippen LogP contribution in [-0.4, -0.2) is 51.3 Å². The van der Waals surface area contributed by atoms with Gasteiger partial charge in [0.05, 0.1) is 47.4 Å². The van der Waals surface area contributed by atoms with Crippen LogP contribution in [0.3, 0.4) is 0 Å². The van der Waals surface area contributed by atoms with E-state index in [-0.39, 0.29) is 23.8 Å². The Balaban J connectivity index is 1.14. The number of aromatic carboxylic acids is 1. The highest BCUT2D eigenvalue weighted by Crippen LogP contribution is 2.35. The Kier molecular flexibility index (Phi) is 7.68. The van der Waals surface area contributed by atoms with Crippen molar-refractivity contribution in [2.24, 2.45) is 0 Å². The third kappa shape index (κ3) is 5.80. The Hall–Kier alpha value is -4.26. The molecule has 9 heteroatoms. The molecule has 2 fully saturated rings. The normalized spacial score (nSPS) is 17.7. The molecule has 41 heavy (non-hydrogen) atoms. The number of hydrogen-bond acceptors (Lipinski definition) is 6. The second-order valence-corrected chi connectivity index (χ2v) is 10.7. The van der Waals surface area contributed by atoms with Crippen LogP contribution in [-0.2, 0) is 24.4 Å². The van der Waals surface area contributed by atoms with Crippen LogP contribution in [0.4, 0.5) is 4.39 Å². The fourth-order valence-corrected chi connectivity index (χ4v) is 5.70. The molecule has 0 radical (unpaired) electrons. The summed E-state index contributed by atoms with van der Waals surface area (Å²) in [6.45, 7) is 3.95. The molecule has 1 aromatic heterocycles. The second-order valence-electron chi connectivity index (χ2n) is 10.7. The predicted octanol–water partition coefficient (Wildman–Crippen LogP) is 5.49. The first-order valence-corrected chi connectivity index (χ1v) is 13.9. The summed E-state index contributed by atoms with van der Waals surface area (Å²) in [5, 5.41) is 18.5. The van der Waals surface area contributed by atoms with E-state index in [0.717, 1.165) is 67.1 Å². The van der Waals surface area contributed by atoms with Gasteiger partial charge < -0.3 is 19.1 Å². The van der Waals surface area contributed by atoms with Crippen LogP contribution in [0.25, 0.3) is 11.0 Å². The second kappa shape index (κ2) is 11.7. The molecular formula is C32H31FN4O4. The molecule has 2 saturated heterocycles. The van der Waals surface area contributed by atoms with Crippen molar-refractivity contribution in [3.63, 3.8) is 0 Å². The molecule has 0 unspecified atom stereocenters. The van der Waals surface area contributed by atoms with E-state index in [1.807, 2.05) is 24.3 Å². The number of carbonyl (C=O) groups is 1. The number of benzene rings is 3. The number of imidazole rings is 1. The fourth-order valence-electron chi connectivity index (χ4n) is 5.70. The summed E-state index contributed by atoms with van der Waals surface area (Å²) >= 11 is 0. The van der Waals surface area contributed by atoms with Crippen LogP contribution in [0.15, 0.2) is 60.7 Å². The van der Waals surface area contributed by atoms with E-state index >= 15 is 0 Å². The minimum atomic E-state index is -0.950. The molecule has 6 rings (SSSR count). The highest BCUT2D eigenvalue weighted by molar-refractivity contribution is 5.92. The zero-order chi connectivity index (χ0) is 28.3. The quantitative estimate of drug-likeness (QED) is 0.292. The number of para-hydroxylation sites is 1. The topological polar surface area (TPSA) is 101 Å². The lowest BCUT2D eigenvalue weighted by Gasteiger charge is -2.33. The van der Waals surface area contributed by atoms with Gasteiger partial charge in [0.15, 0.2) is 0 Å². The lowest BCUT2D eigenvalue weighted by molar-refractivity contribution is -0.0592. The van der Waals surface area contributed by atoms with E-state index in [9.17, 15) is 14.3 Å². The van der Waals surface area contributed by atoms with Crippen LogP contribution in [0.2, 0.25) is 0 Å². The van der Waals surface area contributed by atoms with Gasteiger partial charge in [-0.25, -0.2) is 14.2 Å². The lowest BCUT2D eigenvalue weighted by atomic mass is 9.89. The molecule has 0 amide bonds. The number of carboxylic acids is 1. The smallest absolute Gasteiger partial charge is 0.335 e. The van der Waals surface area contributed by atoms with Crippen LogP contribution >= 0.6 is 0 Å². The third-order valence-electron chi connectivity index (χ3n) is 8.13. The number of nitrogens with zero attached hydrogens (tertiary/aromatic N) is 4. The zero-order valence-electron chi connectivity index (χ0n) is 22.6. The average molecular weight is 555 g/mol. The van der Waals surface area contributed by atoms with Gasteiger partial charge >= 0.3 is 5.97 Å². The predicted molar refractivity (Wildman–Crippen MR) is 150 cm³/mol. The summed E-state index contributed by atoms with van der Waals surface area (Å²) in [6, 6.07) is 19.4. The fraction of sp³-hybridized carbons (Fsp3) is 0.344. The number of ether oxygens (including phenoxy) is 2. The van der Waals surface area contributed by atoms with Crippen LogP contribution in [0.5, 0.6) is 5.75 Å². The van der Waals surface area contributed by atoms with Gasteiger partial charge in [-0.3, -0.25) is 4.90 Å². The van der Waals surface area contributed by atoms with Crippen molar-refractivity contribution in [2.45, 2.75) is 51.0 Å². The number of nitriles is 1. The summed E-state index contributed by atoms with van der Waals surface area (Å²) in [7, 11) is 0. The SMILES string of the molecule is N#Cc1ccc(COc2ccccc2C2CCN(Cc3nc4ccc(C(=O)O)cc4n3C[C@@H]3CCO3)CC2)c(F)c1.